The Kier molecular flexibility index (Phi) is 6.57. The summed E-state index contributed by atoms with van der Waals surface area (Å²) < 4.78 is 5.09. The molecular weight excluding hydrogens is 226 g/mol. The van der Waals surface area contributed by atoms with Gasteiger partial charge in [0, 0.05) is 13.2 Å². The molecule has 0 unspecified atom stereocenters. The number of carboxylic acid groups (broad SMARTS) is 1. The second-order valence-corrected chi connectivity index (χ2v) is 4.73. The highest BCUT2D eigenvalue weighted by Gasteiger charge is 2.23. The van der Waals surface area contributed by atoms with Crippen molar-refractivity contribution in [2.75, 3.05) is 19.7 Å². The van der Waals surface area contributed by atoms with E-state index in [1.807, 2.05) is 0 Å². The van der Waals surface area contributed by atoms with E-state index in [4.69, 9.17) is 14.9 Å². The molecule has 1 amide bonds. The van der Waals surface area contributed by atoms with Crippen LogP contribution < -0.4 is 0 Å². The molecule has 0 heterocycles. The van der Waals surface area contributed by atoms with Gasteiger partial charge in [0.1, 0.15) is 12.1 Å². The average Bonchev–Trinajstić information content (AvgIpc) is 2.13. The molecule has 0 aliphatic rings. The number of carboxylic acids is 1. The first-order chi connectivity index (χ1) is 7.76. The van der Waals surface area contributed by atoms with Crippen molar-refractivity contribution in [3.05, 3.63) is 0 Å². The number of amides is 1. The predicted octanol–water partition coefficient (Wildman–Crippen LogP) is 1.08. The van der Waals surface area contributed by atoms with Gasteiger partial charge >= 0.3 is 12.1 Å². The fraction of sp³-hybridized carbons (Fsp3) is 0.818. The van der Waals surface area contributed by atoms with E-state index in [0.29, 0.717) is 12.8 Å². The zero-order valence-corrected chi connectivity index (χ0v) is 10.6. The number of rotatable bonds is 6. The summed E-state index contributed by atoms with van der Waals surface area (Å²) in [7, 11) is 0. The average molecular weight is 247 g/mol. The van der Waals surface area contributed by atoms with Crippen molar-refractivity contribution in [2.24, 2.45) is 0 Å². The number of carbonyl (C=O) groups excluding carboxylic acids is 1. The van der Waals surface area contributed by atoms with E-state index in [1.54, 1.807) is 20.8 Å². The number of hydrogen-bond acceptors (Lipinski definition) is 4. The summed E-state index contributed by atoms with van der Waals surface area (Å²) in [6.07, 6.45) is 0.430. The van der Waals surface area contributed by atoms with Crippen molar-refractivity contribution in [1.82, 2.24) is 4.90 Å². The van der Waals surface area contributed by atoms with Gasteiger partial charge in [0.05, 0.1) is 0 Å². The van der Waals surface area contributed by atoms with E-state index < -0.39 is 17.7 Å². The number of hydrogen-bond donors (Lipinski definition) is 2. The van der Waals surface area contributed by atoms with Gasteiger partial charge in [-0.2, -0.15) is 0 Å². The molecular formula is C11H21NO5. The molecule has 0 bridgehead atoms. The maximum Gasteiger partial charge on any atom is 0.410 e. The van der Waals surface area contributed by atoms with Crippen LogP contribution in [0.1, 0.15) is 33.6 Å². The number of ether oxygens (including phenoxy) is 1. The fourth-order valence-corrected chi connectivity index (χ4v) is 1.14. The van der Waals surface area contributed by atoms with Crippen LogP contribution in [0.15, 0.2) is 0 Å². The van der Waals surface area contributed by atoms with Crippen LogP contribution in [0.2, 0.25) is 0 Å². The smallest absolute Gasteiger partial charge is 0.410 e. The maximum absolute atomic E-state index is 11.7. The highest BCUT2D eigenvalue weighted by Crippen LogP contribution is 2.10. The molecule has 0 fully saturated rings. The molecule has 0 rings (SSSR count). The molecule has 0 saturated carbocycles. The molecule has 0 spiro atoms. The van der Waals surface area contributed by atoms with Crippen molar-refractivity contribution in [3.8, 4) is 0 Å². The molecule has 0 atom stereocenters. The zero-order valence-electron chi connectivity index (χ0n) is 10.6. The van der Waals surface area contributed by atoms with Crippen LogP contribution >= 0.6 is 0 Å². The van der Waals surface area contributed by atoms with Crippen LogP contribution in [-0.4, -0.2) is 52.5 Å². The molecule has 17 heavy (non-hydrogen) atoms. The highest BCUT2D eigenvalue weighted by atomic mass is 16.6. The van der Waals surface area contributed by atoms with E-state index in [1.165, 1.54) is 0 Å². The van der Waals surface area contributed by atoms with Crippen LogP contribution in [0.3, 0.4) is 0 Å². The summed E-state index contributed by atoms with van der Waals surface area (Å²) in [6, 6.07) is 0. The van der Waals surface area contributed by atoms with E-state index in [-0.39, 0.29) is 19.7 Å². The lowest BCUT2D eigenvalue weighted by molar-refractivity contribution is -0.138. The van der Waals surface area contributed by atoms with Crippen molar-refractivity contribution in [1.29, 1.82) is 0 Å². The minimum Gasteiger partial charge on any atom is -0.480 e. The molecule has 6 heteroatoms. The largest absolute Gasteiger partial charge is 0.480 e. The van der Waals surface area contributed by atoms with Gasteiger partial charge in [-0.25, -0.2) is 4.79 Å². The van der Waals surface area contributed by atoms with Gasteiger partial charge in [0.2, 0.25) is 0 Å². The summed E-state index contributed by atoms with van der Waals surface area (Å²) in [4.78, 5) is 23.4. The van der Waals surface area contributed by atoms with E-state index in [0.717, 1.165) is 4.90 Å². The van der Waals surface area contributed by atoms with Gasteiger partial charge in [-0.3, -0.25) is 9.69 Å². The Bertz CT molecular complexity index is 259. The van der Waals surface area contributed by atoms with Gasteiger partial charge in [0.25, 0.3) is 0 Å². The Morgan fingerprint density at radius 1 is 1.24 bits per heavy atom. The van der Waals surface area contributed by atoms with Gasteiger partial charge in [-0.05, 0) is 33.6 Å². The van der Waals surface area contributed by atoms with Gasteiger partial charge < -0.3 is 14.9 Å². The van der Waals surface area contributed by atoms with E-state index >= 15 is 0 Å². The van der Waals surface area contributed by atoms with Gasteiger partial charge in [-0.1, -0.05) is 0 Å². The lowest BCUT2D eigenvalue weighted by atomic mass is 10.2. The SMILES string of the molecule is CC(C)(C)OC(=O)N(CCCCO)CC(=O)O. The number of nitrogens with zero attached hydrogens (tertiary/aromatic N) is 1. The molecule has 0 aliphatic heterocycles. The Morgan fingerprint density at radius 2 is 1.82 bits per heavy atom. The first-order valence-corrected chi connectivity index (χ1v) is 5.57. The number of aliphatic hydroxyl groups excluding tert-OH is 1. The minimum atomic E-state index is -1.08. The number of carbonyl (C=O) groups is 2. The molecule has 0 radical (unpaired) electrons. The minimum absolute atomic E-state index is 0.0230. The predicted molar refractivity (Wildman–Crippen MR) is 61.8 cm³/mol. The van der Waals surface area contributed by atoms with E-state index in [2.05, 4.69) is 0 Å². The Balaban J connectivity index is 4.34. The molecule has 0 aromatic heterocycles. The Hall–Kier alpha value is -1.30. The second kappa shape index (κ2) is 7.11. The van der Waals surface area contributed by atoms with Crippen molar-refractivity contribution >= 4 is 12.1 Å². The third-order valence-corrected chi connectivity index (χ3v) is 1.81. The first-order valence-electron chi connectivity index (χ1n) is 5.57. The highest BCUT2D eigenvalue weighted by molar-refractivity contribution is 5.76. The number of aliphatic hydroxyl groups is 1. The van der Waals surface area contributed by atoms with Crippen molar-refractivity contribution < 1.29 is 24.5 Å². The molecule has 0 aliphatic carbocycles. The van der Waals surface area contributed by atoms with Gasteiger partial charge in [-0.15, -0.1) is 0 Å². The lowest BCUT2D eigenvalue weighted by Gasteiger charge is -2.26. The molecule has 0 saturated heterocycles. The molecule has 0 aromatic rings. The third kappa shape index (κ3) is 8.50. The van der Waals surface area contributed by atoms with Crippen LogP contribution in [0, 0.1) is 0 Å². The normalized spacial score (nSPS) is 11.1. The standard InChI is InChI=1S/C11H21NO5/c1-11(2,3)17-10(16)12(8-9(14)15)6-4-5-7-13/h13H,4-8H2,1-3H3,(H,14,15). The Labute approximate surface area is 101 Å². The first kappa shape index (κ1) is 15.7. The summed E-state index contributed by atoms with van der Waals surface area (Å²) in [5.41, 5.74) is -0.648. The maximum atomic E-state index is 11.7. The quantitative estimate of drug-likeness (QED) is 0.686. The number of aliphatic carboxylic acids is 1. The van der Waals surface area contributed by atoms with Crippen molar-refractivity contribution in [2.45, 2.75) is 39.2 Å². The third-order valence-electron chi connectivity index (χ3n) is 1.81. The van der Waals surface area contributed by atoms with Crippen LogP contribution in [0.25, 0.3) is 0 Å². The Morgan fingerprint density at radius 3 is 2.24 bits per heavy atom. The summed E-state index contributed by atoms with van der Waals surface area (Å²) in [5.74, 6) is -1.08. The van der Waals surface area contributed by atoms with Crippen molar-refractivity contribution in [3.63, 3.8) is 0 Å². The second-order valence-electron chi connectivity index (χ2n) is 4.73. The molecule has 6 nitrogen and oxygen atoms in total. The summed E-state index contributed by atoms with van der Waals surface area (Å²) in [6.45, 7) is 5.06. The molecule has 100 valence electrons. The summed E-state index contributed by atoms with van der Waals surface area (Å²) in [5, 5.41) is 17.3. The topological polar surface area (TPSA) is 87.1 Å². The zero-order chi connectivity index (χ0) is 13.5. The number of unbranched alkanes of at least 4 members (excludes halogenated alkanes) is 1. The summed E-state index contributed by atoms with van der Waals surface area (Å²) >= 11 is 0. The van der Waals surface area contributed by atoms with Crippen LogP contribution in [-0.2, 0) is 9.53 Å². The van der Waals surface area contributed by atoms with Crippen LogP contribution in [0.4, 0.5) is 4.79 Å². The van der Waals surface area contributed by atoms with Gasteiger partial charge in [0.15, 0.2) is 0 Å². The fourth-order valence-electron chi connectivity index (χ4n) is 1.14. The van der Waals surface area contributed by atoms with Crippen LogP contribution in [0.5, 0.6) is 0 Å². The lowest BCUT2D eigenvalue weighted by Crippen LogP contribution is -2.40. The molecule has 2 N–H and O–H groups in total. The van der Waals surface area contributed by atoms with E-state index in [9.17, 15) is 9.59 Å². The molecule has 0 aromatic carbocycles. The monoisotopic (exact) mass is 247 g/mol.